The molecular formula is C19H31N5O3. The molecule has 2 fully saturated rings. The van der Waals surface area contributed by atoms with Gasteiger partial charge in [-0.2, -0.15) is 5.10 Å². The van der Waals surface area contributed by atoms with Crippen LogP contribution in [0.15, 0.2) is 6.20 Å². The Kier molecular flexibility index (Phi) is 6.49. The van der Waals surface area contributed by atoms with Crippen LogP contribution in [0.3, 0.4) is 0 Å². The zero-order valence-corrected chi connectivity index (χ0v) is 16.7. The highest BCUT2D eigenvalue weighted by Gasteiger charge is 2.33. The Morgan fingerprint density at radius 3 is 2.67 bits per heavy atom. The van der Waals surface area contributed by atoms with Gasteiger partial charge in [0.1, 0.15) is 0 Å². The lowest BCUT2D eigenvalue weighted by Gasteiger charge is -2.32. The number of rotatable bonds is 6. The maximum absolute atomic E-state index is 12.9. The number of ether oxygens (including phenoxy) is 1. The second-order valence-electron chi connectivity index (χ2n) is 7.32. The van der Waals surface area contributed by atoms with Crippen molar-refractivity contribution in [1.82, 2.24) is 24.5 Å². The van der Waals surface area contributed by atoms with Gasteiger partial charge in [0, 0.05) is 58.4 Å². The van der Waals surface area contributed by atoms with Gasteiger partial charge in [0.2, 0.25) is 5.91 Å². The van der Waals surface area contributed by atoms with E-state index in [0.29, 0.717) is 25.2 Å². The molecule has 27 heavy (non-hydrogen) atoms. The summed E-state index contributed by atoms with van der Waals surface area (Å²) < 4.78 is 7.22. The van der Waals surface area contributed by atoms with E-state index in [1.165, 1.54) is 0 Å². The van der Waals surface area contributed by atoms with E-state index in [-0.39, 0.29) is 17.9 Å². The molecule has 0 radical (unpaired) electrons. The van der Waals surface area contributed by atoms with Crippen molar-refractivity contribution in [2.24, 2.45) is 0 Å². The Bertz CT molecular complexity index is 668. The molecule has 8 nitrogen and oxygen atoms in total. The van der Waals surface area contributed by atoms with E-state index >= 15 is 0 Å². The first-order valence-electron chi connectivity index (χ1n) is 9.90. The second kappa shape index (κ2) is 8.84. The van der Waals surface area contributed by atoms with Gasteiger partial charge in [-0.05, 0) is 20.3 Å². The van der Waals surface area contributed by atoms with Gasteiger partial charge in [-0.3, -0.25) is 19.2 Å². The van der Waals surface area contributed by atoms with E-state index in [1.807, 2.05) is 28.3 Å². The van der Waals surface area contributed by atoms with Crippen LogP contribution in [0.5, 0.6) is 0 Å². The highest BCUT2D eigenvalue weighted by atomic mass is 16.5. The van der Waals surface area contributed by atoms with Crippen LogP contribution in [-0.4, -0.2) is 94.8 Å². The van der Waals surface area contributed by atoms with Crippen LogP contribution in [0.1, 0.15) is 36.3 Å². The van der Waals surface area contributed by atoms with Crippen molar-refractivity contribution in [3.63, 3.8) is 0 Å². The van der Waals surface area contributed by atoms with Gasteiger partial charge in [-0.25, -0.2) is 0 Å². The van der Waals surface area contributed by atoms with Crippen molar-refractivity contribution in [1.29, 1.82) is 0 Å². The third-order valence-electron chi connectivity index (χ3n) is 5.69. The smallest absolute Gasteiger partial charge is 0.257 e. The first-order valence-corrected chi connectivity index (χ1v) is 9.90. The molecule has 2 amide bonds. The standard InChI is InChI=1S/C19H31N5O3/c1-4-24-15(2)18(13-20-24)19(26)22-6-5-17(14-22)23(16(3)25)8-7-21-9-11-27-12-10-21/h13,17H,4-12,14H2,1-3H3. The maximum Gasteiger partial charge on any atom is 0.257 e. The average molecular weight is 377 g/mol. The first kappa shape index (κ1) is 19.8. The van der Waals surface area contributed by atoms with E-state index in [4.69, 9.17) is 4.74 Å². The number of nitrogens with zero attached hydrogens (tertiary/aromatic N) is 5. The number of carbonyl (C=O) groups excluding carboxylic acids is 2. The minimum absolute atomic E-state index is 0.0198. The summed E-state index contributed by atoms with van der Waals surface area (Å²) in [5.74, 6) is 0.101. The summed E-state index contributed by atoms with van der Waals surface area (Å²) >= 11 is 0. The lowest BCUT2D eigenvalue weighted by molar-refractivity contribution is -0.131. The van der Waals surface area contributed by atoms with Crippen LogP contribution in [-0.2, 0) is 16.1 Å². The Labute approximate surface area is 161 Å². The largest absolute Gasteiger partial charge is 0.379 e. The molecule has 3 heterocycles. The molecule has 0 spiro atoms. The molecule has 0 saturated carbocycles. The van der Waals surface area contributed by atoms with E-state index in [0.717, 1.165) is 51.5 Å². The molecule has 8 heteroatoms. The molecule has 0 N–H and O–H groups in total. The second-order valence-corrected chi connectivity index (χ2v) is 7.32. The molecule has 2 aliphatic heterocycles. The Morgan fingerprint density at radius 2 is 2.04 bits per heavy atom. The normalized spacial score (nSPS) is 20.9. The summed E-state index contributed by atoms with van der Waals surface area (Å²) in [7, 11) is 0. The molecule has 2 saturated heterocycles. The van der Waals surface area contributed by atoms with Crippen LogP contribution >= 0.6 is 0 Å². The summed E-state index contributed by atoms with van der Waals surface area (Å²) in [6.07, 6.45) is 2.49. The fraction of sp³-hybridized carbons (Fsp3) is 0.737. The number of morpholine rings is 1. The van der Waals surface area contributed by atoms with Crippen molar-refractivity contribution in [3.8, 4) is 0 Å². The van der Waals surface area contributed by atoms with Crippen molar-refractivity contribution in [2.45, 2.75) is 39.8 Å². The van der Waals surface area contributed by atoms with Gasteiger partial charge >= 0.3 is 0 Å². The van der Waals surface area contributed by atoms with Gasteiger partial charge < -0.3 is 14.5 Å². The number of aryl methyl sites for hydroxylation is 1. The molecule has 1 aromatic heterocycles. The molecule has 1 unspecified atom stereocenters. The topological polar surface area (TPSA) is 70.9 Å². The summed E-state index contributed by atoms with van der Waals surface area (Å²) in [6, 6.07) is 0.0917. The molecule has 0 aliphatic carbocycles. The van der Waals surface area contributed by atoms with Gasteiger partial charge in [0.15, 0.2) is 0 Å². The Balaban J connectivity index is 1.59. The van der Waals surface area contributed by atoms with Crippen molar-refractivity contribution >= 4 is 11.8 Å². The van der Waals surface area contributed by atoms with E-state index in [9.17, 15) is 9.59 Å². The van der Waals surface area contributed by atoms with E-state index in [1.54, 1.807) is 13.1 Å². The van der Waals surface area contributed by atoms with Crippen molar-refractivity contribution < 1.29 is 14.3 Å². The number of hydrogen-bond donors (Lipinski definition) is 0. The molecule has 0 aromatic carbocycles. The third kappa shape index (κ3) is 4.50. The van der Waals surface area contributed by atoms with Gasteiger partial charge in [-0.15, -0.1) is 0 Å². The van der Waals surface area contributed by atoms with Crippen LogP contribution in [0.2, 0.25) is 0 Å². The summed E-state index contributed by atoms with van der Waals surface area (Å²) in [5.41, 5.74) is 1.57. The van der Waals surface area contributed by atoms with Crippen LogP contribution in [0, 0.1) is 6.92 Å². The minimum Gasteiger partial charge on any atom is -0.379 e. The van der Waals surface area contributed by atoms with Crippen molar-refractivity contribution in [3.05, 3.63) is 17.5 Å². The average Bonchev–Trinajstić information content (AvgIpc) is 3.29. The SMILES string of the molecule is CCn1ncc(C(=O)N2CCC(N(CCN3CCOCC3)C(C)=O)C2)c1C. The Morgan fingerprint density at radius 1 is 1.30 bits per heavy atom. The lowest BCUT2D eigenvalue weighted by Crippen LogP contribution is -2.47. The van der Waals surface area contributed by atoms with Crippen LogP contribution < -0.4 is 0 Å². The molecule has 150 valence electrons. The van der Waals surface area contributed by atoms with Crippen LogP contribution in [0.4, 0.5) is 0 Å². The minimum atomic E-state index is 0.0198. The highest BCUT2D eigenvalue weighted by Crippen LogP contribution is 2.20. The number of likely N-dealkylation sites (tertiary alicyclic amines) is 1. The van der Waals surface area contributed by atoms with Crippen LogP contribution in [0.25, 0.3) is 0 Å². The molecule has 3 rings (SSSR count). The number of hydrogen-bond acceptors (Lipinski definition) is 5. The monoisotopic (exact) mass is 377 g/mol. The number of amides is 2. The summed E-state index contributed by atoms with van der Waals surface area (Å²) in [5, 5.41) is 4.28. The Hall–Kier alpha value is -1.93. The number of aromatic nitrogens is 2. The first-order chi connectivity index (χ1) is 13.0. The fourth-order valence-corrected chi connectivity index (χ4v) is 4.00. The zero-order chi connectivity index (χ0) is 19.4. The zero-order valence-electron chi connectivity index (χ0n) is 16.7. The lowest BCUT2D eigenvalue weighted by atomic mass is 10.2. The van der Waals surface area contributed by atoms with Gasteiger partial charge in [-0.1, -0.05) is 0 Å². The number of carbonyl (C=O) groups is 2. The molecule has 1 atom stereocenters. The fourth-order valence-electron chi connectivity index (χ4n) is 4.00. The van der Waals surface area contributed by atoms with Gasteiger partial charge in [0.05, 0.1) is 31.0 Å². The summed E-state index contributed by atoms with van der Waals surface area (Å²) in [6.45, 7) is 12.5. The van der Waals surface area contributed by atoms with Gasteiger partial charge in [0.25, 0.3) is 5.91 Å². The quantitative estimate of drug-likeness (QED) is 0.726. The third-order valence-corrected chi connectivity index (χ3v) is 5.69. The van der Waals surface area contributed by atoms with E-state index in [2.05, 4.69) is 10.00 Å². The van der Waals surface area contributed by atoms with Crippen molar-refractivity contribution in [2.75, 3.05) is 52.5 Å². The highest BCUT2D eigenvalue weighted by molar-refractivity contribution is 5.95. The molecule has 1 aromatic rings. The predicted octanol–water partition coefficient (Wildman–Crippen LogP) is 0.607. The summed E-state index contributed by atoms with van der Waals surface area (Å²) in [4.78, 5) is 31.2. The molecule has 0 bridgehead atoms. The van der Waals surface area contributed by atoms with E-state index < -0.39 is 0 Å². The maximum atomic E-state index is 12.9. The molecular weight excluding hydrogens is 346 g/mol. The predicted molar refractivity (Wildman–Crippen MR) is 102 cm³/mol. The molecule has 2 aliphatic rings.